The second-order valence-corrected chi connectivity index (χ2v) is 7.21. The van der Waals surface area contributed by atoms with Gasteiger partial charge in [0.05, 0.1) is 0 Å². The van der Waals surface area contributed by atoms with E-state index in [1.807, 2.05) is 11.8 Å². The van der Waals surface area contributed by atoms with Gasteiger partial charge in [-0.1, -0.05) is 24.6 Å². The molecule has 1 saturated heterocycles. The SMILES string of the molecule is CCNC(=NCCc1c(C)cc(C)cc1C)NC1CCN(C(=O)CC)C1. The minimum Gasteiger partial charge on any atom is -0.357 e. The number of carbonyl (C=O) groups excluding carboxylic acids is 1. The predicted octanol–water partition coefficient (Wildman–Crippen LogP) is 2.72. The van der Waals surface area contributed by atoms with Gasteiger partial charge in [-0.05, 0) is 57.2 Å². The van der Waals surface area contributed by atoms with Gasteiger partial charge in [0.1, 0.15) is 0 Å². The highest BCUT2D eigenvalue weighted by Crippen LogP contribution is 2.17. The van der Waals surface area contributed by atoms with Gasteiger partial charge in [-0.25, -0.2) is 0 Å². The summed E-state index contributed by atoms with van der Waals surface area (Å²) in [5, 5.41) is 6.82. The fraction of sp³-hybridized carbons (Fsp3) is 0.619. The molecule has 144 valence electrons. The molecule has 1 aliphatic heterocycles. The van der Waals surface area contributed by atoms with Crippen molar-refractivity contribution >= 4 is 11.9 Å². The summed E-state index contributed by atoms with van der Waals surface area (Å²) in [4.78, 5) is 18.5. The van der Waals surface area contributed by atoms with E-state index in [0.29, 0.717) is 6.42 Å². The number of guanidine groups is 1. The van der Waals surface area contributed by atoms with Gasteiger partial charge in [0.15, 0.2) is 5.96 Å². The van der Waals surface area contributed by atoms with Gasteiger partial charge >= 0.3 is 0 Å². The molecular formula is C21H34N4O. The Labute approximate surface area is 158 Å². The van der Waals surface area contributed by atoms with Gasteiger partial charge in [0.2, 0.25) is 5.91 Å². The number of carbonyl (C=O) groups is 1. The van der Waals surface area contributed by atoms with Crippen LogP contribution >= 0.6 is 0 Å². The minimum absolute atomic E-state index is 0.238. The third-order valence-corrected chi connectivity index (χ3v) is 5.00. The minimum atomic E-state index is 0.238. The molecule has 5 nitrogen and oxygen atoms in total. The molecule has 1 atom stereocenters. The van der Waals surface area contributed by atoms with Gasteiger partial charge in [0.25, 0.3) is 0 Å². The fourth-order valence-corrected chi connectivity index (χ4v) is 3.73. The summed E-state index contributed by atoms with van der Waals surface area (Å²) in [5.74, 6) is 1.09. The van der Waals surface area contributed by atoms with Crippen molar-refractivity contribution in [2.45, 2.75) is 59.9 Å². The number of hydrogen-bond acceptors (Lipinski definition) is 2. The number of amides is 1. The highest BCUT2D eigenvalue weighted by atomic mass is 16.2. The topological polar surface area (TPSA) is 56.7 Å². The van der Waals surface area contributed by atoms with Crippen LogP contribution in [0.4, 0.5) is 0 Å². The van der Waals surface area contributed by atoms with E-state index in [9.17, 15) is 4.79 Å². The van der Waals surface area contributed by atoms with E-state index >= 15 is 0 Å². The van der Waals surface area contributed by atoms with Gasteiger partial charge in [0, 0.05) is 38.6 Å². The van der Waals surface area contributed by atoms with Crippen molar-refractivity contribution in [1.29, 1.82) is 0 Å². The van der Waals surface area contributed by atoms with E-state index < -0.39 is 0 Å². The van der Waals surface area contributed by atoms with E-state index in [1.165, 1.54) is 22.3 Å². The zero-order valence-electron chi connectivity index (χ0n) is 17.0. The molecule has 1 fully saturated rings. The van der Waals surface area contributed by atoms with Crippen LogP contribution in [0, 0.1) is 20.8 Å². The lowest BCUT2D eigenvalue weighted by Crippen LogP contribution is -2.45. The molecule has 0 aromatic heterocycles. The van der Waals surface area contributed by atoms with Crippen LogP contribution in [0.1, 0.15) is 48.9 Å². The van der Waals surface area contributed by atoms with E-state index in [-0.39, 0.29) is 11.9 Å². The summed E-state index contributed by atoms with van der Waals surface area (Å²) in [6.07, 6.45) is 2.50. The molecule has 1 aromatic rings. The summed E-state index contributed by atoms with van der Waals surface area (Å²) in [6, 6.07) is 4.77. The highest BCUT2D eigenvalue weighted by Gasteiger charge is 2.25. The number of nitrogens with zero attached hydrogens (tertiary/aromatic N) is 2. The summed E-state index contributed by atoms with van der Waals surface area (Å²) in [7, 11) is 0. The lowest BCUT2D eigenvalue weighted by atomic mass is 9.97. The van der Waals surface area contributed by atoms with Crippen LogP contribution in [0.3, 0.4) is 0 Å². The van der Waals surface area contributed by atoms with E-state index in [2.05, 4.69) is 50.5 Å². The van der Waals surface area contributed by atoms with Crippen molar-refractivity contribution < 1.29 is 4.79 Å². The zero-order valence-corrected chi connectivity index (χ0v) is 17.0. The van der Waals surface area contributed by atoms with E-state index in [4.69, 9.17) is 4.99 Å². The molecule has 1 unspecified atom stereocenters. The monoisotopic (exact) mass is 358 g/mol. The maximum absolute atomic E-state index is 11.8. The summed E-state index contributed by atoms with van der Waals surface area (Å²) in [6.45, 7) is 13.7. The third-order valence-electron chi connectivity index (χ3n) is 5.00. The maximum atomic E-state index is 11.8. The Hall–Kier alpha value is -2.04. The van der Waals surface area contributed by atoms with Gasteiger partial charge in [-0.3, -0.25) is 9.79 Å². The van der Waals surface area contributed by atoms with Crippen molar-refractivity contribution in [3.8, 4) is 0 Å². The first kappa shape index (κ1) is 20.3. The molecule has 1 amide bonds. The number of hydrogen-bond donors (Lipinski definition) is 2. The highest BCUT2D eigenvalue weighted by molar-refractivity contribution is 5.80. The molecule has 0 aliphatic carbocycles. The molecule has 0 saturated carbocycles. The summed E-state index contributed by atoms with van der Waals surface area (Å²) >= 11 is 0. The first-order chi connectivity index (χ1) is 12.4. The Morgan fingerprint density at radius 1 is 1.23 bits per heavy atom. The van der Waals surface area contributed by atoms with Crippen LogP contribution in [-0.2, 0) is 11.2 Å². The molecule has 2 rings (SSSR count). The average molecular weight is 359 g/mol. The molecule has 1 aromatic carbocycles. The summed E-state index contributed by atoms with van der Waals surface area (Å²) in [5.41, 5.74) is 5.41. The molecule has 0 spiro atoms. The number of likely N-dealkylation sites (tertiary alicyclic amines) is 1. The number of aliphatic imine (C=N–C) groups is 1. The standard InChI is InChI=1S/C21H34N4O/c1-6-20(26)25-11-9-18(14-25)24-21(22-7-2)23-10-8-19-16(4)12-15(3)13-17(19)5/h12-13,18H,6-11,14H2,1-5H3,(H2,22,23,24). The predicted molar refractivity (Wildman–Crippen MR) is 109 cm³/mol. The van der Waals surface area contributed by atoms with Crippen LogP contribution in [0.5, 0.6) is 0 Å². The molecule has 0 bridgehead atoms. The quantitative estimate of drug-likeness (QED) is 0.607. The molecule has 1 heterocycles. The van der Waals surface area contributed by atoms with Crippen LogP contribution in [0.2, 0.25) is 0 Å². The molecule has 1 aliphatic rings. The molecular weight excluding hydrogens is 324 g/mol. The Morgan fingerprint density at radius 2 is 1.92 bits per heavy atom. The summed E-state index contributed by atoms with van der Waals surface area (Å²) < 4.78 is 0. The van der Waals surface area contributed by atoms with Crippen LogP contribution in [0.25, 0.3) is 0 Å². The lowest BCUT2D eigenvalue weighted by Gasteiger charge is -2.19. The van der Waals surface area contributed by atoms with Crippen LogP contribution < -0.4 is 10.6 Å². The Kier molecular flexibility index (Phi) is 7.49. The third kappa shape index (κ3) is 5.48. The van der Waals surface area contributed by atoms with Crippen molar-refractivity contribution in [1.82, 2.24) is 15.5 Å². The second kappa shape index (κ2) is 9.60. The van der Waals surface area contributed by atoms with Gasteiger partial charge < -0.3 is 15.5 Å². The second-order valence-electron chi connectivity index (χ2n) is 7.21. The van der Waals surface area contributed by atoms with Crippen molar-refractivity contribution in [2.75, 3.05) is 26.2 Å². The smallest absolute Gasteiger partial charge is 0.222 e. The van der Waals surface area contributed by atoms with Gasteiger partial charge in [-0.2, -0.15) is 0 Å². The van der Waals surface area contributed by atoms with Crippen molar-refractivity contribution in [3.63, 3.8) is 0 Å². The zero-order chi connectivity index (χ0) is 19.1. The molecule has 2 N–H and O–H groups in total. The van der Waals surface area contributed by atoms with Gasteiger partial charge in [-0.15, -0.1) is 0 Å². The number of aryl methyl sites for hydroxylation is 3. The molecule has 5 heteroatoms. The number of rotatable bonds is 6. The van der Waals surface area contributed by atoms with Crippen LogP contribution in [-0.4, -0.2) is 49.0 Å². The Morgan fingerprint density at radius 3 is 2.54 bits per heavy atom. The first-order valence-electron chi connectivity index (χ1n) is 9.83. The molecule has 0 radical (unpaired) electrons. The largest absolute Gasteiger partial charge is 0.357 e. The van der Waals surface area contributed by atoms with Crippen LogP contribution in [0.15, 0.2) is 17.1 Å². The normalized spacial score (nSPS) is 17.5. The van der Waals surface area contributed by atoms with Crippen molar-refractivity contribution in [3.05, 3.63) is 34.4 Å². The van der Waals surface area contributed by atoms with Crippen molar-refractivity contribution in [2.24, 2.45) is 4.99 Å². The maximum Gasteiger partial charge on any atom is 0.222 e. The Balaban J connectivity index is 1.94. The molecule has 26 heavy (non-hydrogen) atoms. The lowest BCUT2D eigenvalue weighted by molar-refractivity contribution is -0.129. The fourth-order valence-electron chi connectivity index (χ4n) is 3.73. The van der Waals surface area contributed by atoms with E-state index in [1.54, 1.807) is 0 Å². The number of nitrogens with one attached hydrogen (secondary N) is 2. The van der Waals surface area contributed by atoms with E-state index in [0.717, 1.165) is 45.0 Å². The average Bonchev–Trinajstić information content (AvgIpc) is 3.05. The first-order valence-corrected chi connectivity index (χ1v) is 9.83. The Bertz CT molecular complexity index is 630. The number of benzene rings is 1.